The van der Waals surface area contributed by atoms with Crippen LogP contribution in [0.4, 0.5) is 0 Å². The van der Waals surface area contributed by atoms with Gasteiger partial charge in [0, 0.05) is 32.1 Å². The van der Waals surface area contributed by atoms with Crippen molar-refractivity contribution in [2.24, 2.45) is 11.8 Å². The summed E-state index contributed by atoms with van der Waals surface area (Å²) in [5.41, 5.74) is 0. The summed E-state index contributed by atoms with van der Waals surface area (Å²) in [6, 6.07) is 0. The second kappa shape index (κ2) is 6.89. The van der Waals surface area contributed by atoms with E-state index in [9.17, 15) is 9.59 Å². The monoisotopic (exact) mass is 267 g/mol. The second-order valence-corrected chi connectivity index (χ2v) is 5.81. The number of carbonyl (C=O) groups excluding carboxylic acids is 2. The summed E-state index contributed by atoms with van der Waals surface area (Å²) in [6.45, 7) is 5.58. The molecule has 0 spiro atoms. The van der Waals surface area contributed by atoms with Crippen molar-refractivity contribution in [1.82, 2.24) is 15.5 Å². The third kappa shape index (κ3) is 4.20. The first kappa shape index (κ1) is 14.3. The van der Waals surface area contributed by atoms with E-state index in [4.69, 9.17) is 0 Å². The maximum Gasteiger partial charge on any atom is 0.242 e. The highest BCUT2D eigenvalue weighted by Gasteiger charge is 2.25. The van der Waals surface area contributed by atoms with Gasteiger partial charge in [-0.2, -0.15) is 0 Å². The number of amides is 2. The summed E-state index contributed by atoms with van der Waals surface area (Å²) in [7, 11) is 0. The lowest BCUT2D eigenvalue weighted by Gasteiger charge is -2.28. The molecule has 1 heterocycles. The smallest absolute Gasteiger partial charge is 0.242 e. The molecule has 0 aromatic rings. The Morgan fingerprint density at radius 3 is 2.42 bits per heavy atom. The van der Waals surface area contributed by atoms with Gasteiger partial charge in [0.1, 0.15) is 0 Å². The molecule has 0 radical (unpaired) electrons. The van der Waals surface area contributed by atoms with E-state index in [0.29, 0.717) is 0 Å². The van der Waals surface area contributed by atoms with Gasteiger partial charge in [-0.3, -0.25) is 9.59 Å². The molecule has 2 amide bonds. The second-order valence-electron chi connectivity index (χ2n) is 5.81. The molecule has 0 aromatic carbocycles. The van der Waals surface area contributed by atoms with Gasteiger partial charge in [0.05, 0.1) is 6.54 Å². The molecule has 19 heavy (non-hydrogen) atoms. The summed E-state index contributed by atoms with van der Waals surface area (Å²) in [5, 5.41) is 6.02. The van der Waals surface area contributed by atoms with Crippen molar-refractivity contribution in [3.63, 3.8) is 0 Å². The molecule has 2 rings (SSSR count). The average Bonchev–Trinajstić information content (AvgIpc) is 2.46. The van der Waals surface area contributed by atoms with E-state index in [-0.39, 0.29) is 24.3 Å². The Morgan fingerprint density at radius 1 is 1.16 bits per heavy atom. The first-order valence-electron chi connectivity index (χ1n) is 7.43. The van der Waals surface area contributed by atoms with E-state index in [2.05, 4.69) is 17.6 Å². The molecule has 2 fully saturated rings. The van der Waals surface area contributed by atoms with Crippen LogP contribution in [-0.4, -0.2) is 49.4 Å². The van der Waals surface area contributed by atoms with Crippen molar-refractivity contribution in [3.05, 3.63) is 0 Å². The molecule has 2 N–H and O–H groups in total. The number of rotatable bonds is 3. The van der Waals surface area contributed by atoms with E-state index in [1.165, 1.54) is 0 Å². The summed E-state index contributed by atoms with van der Waals surface area (Å²) in [5.74, 6) is 0.966. The van der Waals surface area contributed by atoms with Crippen LogP contribution in [0.25, 0.3) is 0 Å². The van der Waals surface area contributed by atoms with Gasteiger partial charge in [0.25, 0.3) is 0 Å². The zero-order valence-electron chi connectivity index (χ0n) is 11.8. The van der Waals surface area contributed by atoms with Crippen molar-refractivity contribution in [3.8, 4) is 0 Å². The molecule has 2 aliphatic rings. The molecule has 0 bridgehead atoms. The maximum absolute atomic E-state index is 12.0. The van der Waals surface area contributed by atoms with Crippen LogP contribution in [-0.2, 0) is 9.59 Å². The lowest BCUT2D eigenvalue weighted by Crippen LogP contribution is -2.50. The molecular weight excluding hydrogens is 242 g/mol. The molecule has 108 valence electrons. The van der Waals surface area contributed by atoms with Crippen LogP contribution in [0.2, 0.25) is 0 Å². The van der Waals surface area contributed by atoms with Crippen molar-refractivity contribution < 1.29 is 9.59 Å². The minimum absolute atomic E-state index is 0.0408. The Balaban J connectivity index is 1.69. The minimum Gasteiger partial charge on any atom is -0.347 e. The van der Waals surface area contributed by atoms with Crippen LogP contribution in [0.3, 0.4) is 0 Å². The lowest BCUT2D eigenvalue weighted by atomic mass is 9.82. The fourth-order valence-corrected chi connectivity index (χ4v) is 2.86. The van der Waals surface area contributed by atoms with Gasteiger partial charge < -0.3 is 15.5 Å². The maximum atomic E-state index is 12.0. The Hall–Kier alpha value is -1.10. The third-order valence-electron chi connectivity index (χ3n) is 4.27. The van der Waals surface area contributed by atoms with Gasteiger partial charge in [-0.05, 0) is 31.6 Å². The van der Waals surface area contributed by atoms with Gasteiger partial charge in [-0.1, -0.05) is 6.92 Å². The molecule has 5 heteroatoms. The van der Waals surface area contributed by atoms with Crippen molar-refractivity contribution >= 4 is 11.8 Å². The Labute approximate surface area is 115 Å². The lowest BCUT2D eigenvalue weighted by molar-refractivity contribution is -0.134. The number of carbonyl (C=O) groups is 2. The van der Waals surface area contributed by atoms with Crippen LogP contribution in [0.15, 0.2) is 0 Å². The fraction of sp³-hybridized carbons (Fsp3) is 0.857. The van der Waals surface area contributed by atoms with Gasteiger partial charge in [0.2, 0.25) is 11.8 Å². The molecular formula is C14H25N3O2. The van der Waals surface area contributed by atoms with Crippen LogP contribution < -0.4 is 10.6 Å². The highest BCUT2D eigenvalue weighted by Crippen LogP contribution is 2.28. The average molecular weight is 267 g/mol. The van der Waals surface area contributed by atoms with E-state index < -0.39 is 0 Å². The van der Waals surface area contributed by atoms with Gasteiger partial charge in [-0.25, -0.2) is 0 Å². The van der Waals surface area contributed by atoms with Crippen LogP contribution >= 0.6 is 0 Å². The number of hydrogen-bond donors (Lipinski definition) is 2. The number of hydrogen-bond acceptors (Lipinski definition) is 3. The van der Waals surface area contributed by atoms with E-state index in [0.717, 1.165) is 57.8 Å². The molecule has 1 aliphatic heterocycles. The number of piperazine rings is 1. The van der Waals surface area contributed by atoms with Crippen molar-refractivity contribution in [1.29, 1.82) is 0 Å². The Morgan fingerprint density at radius 2 is 1.79 bits per heavy atom. The van der Waals surface area contributed by atoms with Crippen LogP contribution in [0, 0.1) is 11.8 Å². The molecule has 1 saturated heterocycles. The van der Waals surface area contributed by atoms with Gasteiger partial charge >= 0.3 is 0 Å². The van der Waals surface area contributed by atoms with Crippen molar-refractivity contribution in [2.45, 2.75) is 32.6 Å². The zero-order chi connectivity index (χ0) is 13.7. The Kier molecular flexibility index (Phi) is 5.19. The predicted octanol–water partition coefficient (Wildman–Crippen LogP) is 0.361. The predicted molar refractivity (Wildman–Crippen MR) is 73.6 cm³/mol. The Bertz CT molecular complexity index is 319. The van der Waals surface area contributed by atoms with Crippen LogP contribution in [0.5, 0.6) is 0 Å². The summed E-state index contributed by atoms with van der Waals surface area (Å²) >= 11 is 0. The molecule has 1 aliphatic carbocycles. The minimum atomic E-state index is 0.0408. The standard InChI is InChI=1S/C14H25N3O2/c1-11-2-4-12(5-3-11)14(19)16-10-13(18)17-8-6-15-7-9-17/h11-12,15H,2-10H2,1H3,(H,16,19). The van der Waals surface area contributed by atoms with Crippen LogP contribution in [0.1, 0.15) is 32.6 Å². The van der Waals surface area contributed by atoms with Gasteiger partial charge in [0.15, 0.2) is 0 Å². The van der Waals surface area contributed by atoms with Crippen molar-refractivity contribution in [2.75, 3.05) is 32.7 Å². The molecule has 0 aromatic heterocycles. The highest BCUT2D eigenvalue weighted by molar-refractivity contribution is 5.85. The largest absolute Gasteiger partial charge is 0.347 e. The SMILES string of the molecule is CC1CCC(C(=O)NCC(=O)N2CCNCC2)CC1. The first-order chi connectivity index (χ1) is 9.16. The van der Waals surface area contributed by atoms with E-state index >= 15 is 0 Å². The van der Waals surface area contributed by atoms with E-state index in [1.54, 1.807) is 0 Å². The third-order valence-corrected chi connectivity index (χ3v) is 4.27. The highest BCUT2D eigenvalue weighted by atomic mass is 16.2. The quantitative estimate of drug-likeness (QED) is 0.776. The number of nitrogens with zero attached hydrogens (tertiary/aromatic N) is 1. The molecule has 0 unspecified atom stereocenters. The summed E-state index contributed by atoms with van der Waals surface area (Å²) in [4.78, 5) is 25.7. The fourth-order valence-electron chi connectivity index (χ4n) is 2.86. The topological polar surface area (TPSA) is 61.4 Å². The molecule has 5 nitrogen and oxygen atoms in total. The molecule has 1 saturated carbocycles. The normalized spacial score (nSPS) is 27.9. The van der Waals surface area contributed by atoms with E-state index in [1.807, 2.05) is 4.90 Å². The van der Waals surface area contributed by atoms with Gasteiger partial charge in [-0.15, -0.1) is 0 Å². The first-order valence-corrected chi connectivity index (χ1v) is 7.43. The number of nitrogens with one attached hydrogen (secondary N) is 2. The molecule has 0 atom stereocenters. The summed E-state index contributed by atoms with van der Waals surface area (Å²) < 4.78 is 0. The zero-order valence-corrected chi connectivity index (χ0v) is 11.8. The summed E-state index contributed by atoms with van der Waals surface area (Å²) in [6.07, 6.45) is 4.19.